The second-order valence-electron chi connectivity index (χ2n) is 4.65. The summed E-state index contributed by atoms with van der Waals surface area (Å²) in [5, 5.41) is 6.32. The van der Waals surface area contributed by atoms with Crippen molar-refractivity contribution >= 4 is 11.9 Å². The van der Waals surface area contributed by atoms with Gasteiger partial charge in [0.15, 0.2) is 0 Å². The van der Waals surface area contributed by atoms with Crippen molar-refractivity contribution < 1.29 is 14.3 Å². The monoisotopic (exact) mass is 239 g/mol. The molecule has 94 valence electrons. The van der Waals surface area contributed by atoms with Crippen LogP contribution >= 0.6 is 0 Å². The molecule has 1 aromatic rings. The molecule has 0 atom stereocenters. The van der Waals surface area contributed by atoms with Crippen LogP contribution in [-0.4, -0.2) is 33.8 Å². The highest BCUT2D eigenvalue weighted by molar-refractivity contribution is 5.97. The summed E-state index contributed by atoms with van der Waals surface area (Å²) in [7, 11) is 1.72. The number of rotatable bonds is 3. The molecule has 1 aromatic heterocycles. The van der Waals surface area contributed by atoms with E-state index in [1.54, 1.807) is 40.1 Å². The van der Waals surface area contributed by atoms with Crippen LogP contribution in [0.5, 0.6) is 0 Å². The third kappa shape index (κ3) is 4.67. The molecule has 6 nitrogen and oxygen atoms in total. The second-order valence-corrected chi connectivity index (χ2v) is 4.65. The molecule has 0 aliphatic heterocycles. The fourth-order valence-electron chi connectivity index (χ4n) is 1.12. The number of nitrogens with one attached hydrogen (secondary N) is 1. The van der Waals surface area contributed by atoms with Gasteiger partial charge in [0.25, 0.3) is 0 Å². The quantitative estimate of drug-likeness (QED) is 0.802. The molecule has 1 N–H and O–H groups in total. The number of carbonyl (C=O) groups is 2. The Labute approximate surface area is 99.9 Å². The zero-order chi connectivity index (χ0) is 13.1. The Morgan fingerprint density at radius 1 is 1.47 bits per heavy atom. The zero-order valence-corrected chi connectivity index (χ0v) is 10.5. The van der Waals surface area contributed by atoms with Crippen LogP contribution in [0.1, 0.15) is 31.3 Å². The molecule has 0 aliphatic rings. The first-order valence-electron chi connectivity index (χ1n) is 5.27. The first kappa shape index (κ1) is 13.2. The molecule has 17 heavy (non-hydrogen) atoms. The minimum atomic E-state index is -0.609. The lowest BCUT2D eigenvalue weighted by atomic mass is 10.2. The molecule has 0 bridgehead atoms. The average Bonchev–Trinajstić information content (AvgIpc) is 2.58. The molecule has 0 unspecified atom stereocenters. The number of aryl methyl sites for hydroxylation is 1. The van der Waals surface area contributed by atoms with Crippen molar-refractivity contribution in [2.75, 3.05) is 6.54 Å². The molecule has 0 aromatic carbocycles. The van der Waals surface area contributed by atoms with Crippen LogP contribution in [-0.2, 0) is 11.8 Å². The zero-order valence-electron chi connectivity index (χ0n) is 10.5. The topological polar surface area (TPSA) is 73.2 Å². The lowest BCUT2D eigenvalue weighted by Gasteiger charge is -2.19. The Morgan fingerprint density at radius 3 is 2.59 bits per heavy atom. The third-order valence-electron chi connectivity index (χ3n) is 1.79. The predicted molar refractivity (Wildman–Crippen MR) is 61.8 cm³/mol. The summed E-state index contributed by atoms with van der Waals surface area (Å²) in [6, 6.07) is 1.60. The average molecular weight is 239 g/mol. The van der Waals surface area contributed by atoms with Crippen molar-refractivity contribution in [1.29, 1.82) is 0 Å². The number of aromatic nitrogens is 2. The van der Waals surface area contributed by atoms with Gasteiger partial charge in [0, 0.05) is 13.2 Å². The summed E-state index contributed by atoms with van der Waals surface area (Å²) in [6.07, 6.45) is 1.06. The van der Waals surface area contributed by atoms with Crippen LogP contribution in [0.25, 0.3) is 0 Å². The Hall–Kier alpha value is -1.85. The van der Waals surface area contributed by atoms with E-state index in [4.69, 9.17) is 4.74 Å². The minimum Gasteiger partial charge on any atom is -0.444 e. The number of hydrogen-bond acceptors (Lipinski definition) is 4. The number of nitrogens with zero attached hydrogens (tertiary/aromatic N) is 2. The van der Waals surface area contributed by atoms with E-state index in [0.29, 0.717) is 5.69 Å². The standard InChI is InChI=1S/C11H17N3O3/c1-11(2,3)17-10(16)12-7-9(15)8-5-6-14(4)13-8/h5-6H,7H2,1-4H3,(H,12,16). The van der Waals surface area contributed by atoms with Gasteiger partial charge in [-0.15, -0.1) is 0 Å². The molecule has 0 spiro atoms. The molecular formula is C11H17N3O3. The maximum Gasteiger partial charge on any atom is 0.408 e. The van der Waals surface area contributed by atoms with Gasteiger partial charge in [-0.3, -0.25) is 9.48 Å². The highest BCUT2D eigenvalue weighted by Gasteiger charge is 2.17. The van der Waals surface area contributed by atoms with Crippen molar-refractivity contribution in [2.24, 2.45) is 7.05 Å². The van der Waals surface area contributed by atoms with Crippen LogP contribution in [0, 0.1) is 0 Å². The maximum absolute atomic E-state index is 11.6. The van der Waals surface area contributed by atoms with Crippen LogP contribution < -0.4 is 5.32 Å². The maximum atomic E-state index is 11.6. The predicted octanol–water partition coefficient (Wildman–Crippen LogP) is 1.13. The lowest BCUT2D eigenvalue weighted by molar-refractivity contribution is 0.0520. The summed E-state index contributed by atoms with van der Waals surface area (Å²) in [4.78, 5) is 22.9. The van der Waals surface area contributed by atoms with Gasteiger partial charge >= 0.3 is 6.09 Å². The number of hydrogen-bond donors (Lipinski definition) is 1. The first-order chi connectivity index (χ1) is 7.78. The van der Waals surface area contributed by atoms with Crippen molar-refractivity contribution in [3.8, 4) is 0 Å². The SMILES string of the molecule is Cn1ccc(C(=O)CNC(=O)OC(C)(C)C)n1. The Bertz CT molecular complexity index is 418. The van der Waals surface area contributed by atoms with E-state index in [1.165, 1.54) is 4.68 Å². The number of ether oxygens (including phenoxy) is 1. The molecule has 6 heteroatoms. The van der Waals surface area contributed by atoms with E-state index < -0.39 is 11.7 Å². The van der Waals surface area contributed by atoms with Crippen molar-refractivity contribution in [3.63, 3.8) is 0 Å². The fraction of sp³-hybridized carbons (Fsp3) is 0.545. The molecule has 0 fully saturated rings. The van der Waals surface area contributed by atoms with Crippen molar-refractivity contribution in [2.45, 2.75) is 26.4 Å². The molecule has 0 saturated carbocycles. The summed E-state index contributed by atoms with van der Waals surface area (Å²) in [6.45, 7) is 5.15. The van der Waals surface area contributed by atoms with E-state index in [9.17, 15) is 9.59 Å². The number of amides is 1. The van der Waals surface area contributed by atoms with E-state index in [0.717, 1.165) is 0 Å². The minimum absolute atomic E-state index is 0.119. The van der Waals surface area contributed by atoms with Crippen LogP contribution in [0.15, 0.2) is 12.3 Å². The van der Waals surface area contributed by atoms with Gasteiger partial charge in [-0.2, -0.15) is 5.10 Å². The van der Waals surface area contributed by atoms with Gasteiger partial charge in [-0.25, -0.2) is 4.79 Å². The second kappa shape index (κ2) is 4.99. The highest BCUT2D eigenvalue weighted by Crippen LogP contribution is 2.06. The Balaban J connectivity index is 2.41. The van der Waals surface area contributed by atoms with Crippen LogP contribution in [0.2, 0.25) is 0 Å². The molecule has 1 heterocycles. The van der Waals surface area contributed by atoms with E-state index in [1.807, 2.05) is 0 Å². The Kier molecular flexibility index (Phi) is 3.88. The largest absolute Gasteiger partial charge is 0.444 e. The van der Waals surface area contributed by atoms with Crippen molar-refractivity contribution in [3.05, 3.63) is 18.0 Å². The number of alkyl carbamates (subject to hydrolysis) is 1. The summed E-state index contributed by atoms with van der Waals surface area (Å²) >= 11 is 0. The van der Waals surface area contributed by atoms with Crippen molar-refractivity contribution in [1.82, 2.24) is 15.1 Å². The highest BCUT2D eigenvalue weighted by atomic mass is 16.6. The number of carbonyl (C=O) groups excluding carboxylic acids is 2. The van der Waals surface area contributed by atoms with Gasteiger partial charge in [-0.05, 0) is 26.8 Å². The molecule has 1 amide bonds. The molecule has 0 radical (unpaired) electrons. The summed E-state index contributed by atoms with van der Waals surface area (Å²) in [5.41, 5.74) is -0.249. The van der Waals surface area contributed by atoms with Gasteiger partial charge < -0.3 is 10.1 Å². The normalized spacial score (nSPS) is 11.1. The van der Waals surface area contributed by atoms with E-state index in [-0.39, 0.29) is 12.3 Å². The number of ketones is 1. The fourth-order valence-corrected chi connectivity index (χ4v) is 1.12. The summed E-state index contributed by atoms with van der Waals surface area (Å²) in [5.74, 6) is -0.253. The van der Waals surface area contributed by atoms with Crippen LogP contribution in [0.3, 0.4) is 0 Å². The van der Waals surface area contributed by atoms with Gasteiger partial charge in [0.1, 0.15) is 11.3 Å². The Morgan fingerprint density at radius 2 is 2.12 bits per heavy atom. The lowest BCUT2D eigenvalue weighted by Crippen LogP contribution is -2.35. The molecule has 0 aliphatic carbocycles. The van der Waals surface area contributed by atoms with Crippen LogP contribution in [0.4, 0.5) is 4.79 Å². The van der Waals surface area contributed by atoms with Gasteiger partial charge in [0.2, 0.25) is 5.78 Å². The third-order valence-corrected chi connectivity index (χ3v) is 1.79. The van der Waals surface area contributed by atoms with E-state index in [2.05, 4.69) is 10.4 Å². The van der Waals surface area contributed by atoms with E-state index >= 15 is 0 Å². The molecule has 1 rings (SSSR count). The number of Topliss-reactive ketones (excluding diaryl/α,β-unsaturated/α-hetero) is 1. The van der Waals surface area contributed by atoms with Gasteiger partial charge in [-0.1, -0.05) is 0 Å². The van der Waals surface area contributed by atoms with Gasteiger partial charge in [0.05, 0.1) is 6.54 Å². The molecule has 0 saturated heterocycles. The molecular weight excluding hydrogens is 222 g/mol. The smallest absolute Gasteiger partial charge is 0.408 e. The first-order valence-corrected chi connectivity index (χ1v) is 5.27. The summed E-state index contributed by atoms with van der Waals surface area (Å²) < 4.78 is 6.53.